The van der Waals surface area contributed by atoms with Gasteiger partial charge >= 0.3 is 0 Å². The highest BCUT2D eigenvalue weighted by Crippen LogP contribution is 2.26. The monoisotopic (exact) mass is 231 g/mol. The van der Waals surface area contributed by atoms with Gasteiger partial charge in [0.05, 0.1) is 5.69 Å². The molecule has 0 spiro atoms. The fourth-order valence-electron chi connectivity index (χ4n) is 1.72. The summed E-state index contributed by atoms with van der Waals surface area (Å²) >= 11 is 0. The minimum Gasteiger partial charge on any atom is -0.485 e. The fraction of sp³-hybridized carbons (Fsp3) is 0.357. The lowest BCUT2D eigenvalue weighted by Gasteiger charge is -2.12. The molecule has 2 rings (SSSR count). The topological polar surface area (TPSA) is 35.3 Å². The van der Waals surface area contributed by atoms with E-state index in [1.807, 2.05) is 31.2 Å². The number of aryl methyl sites for hydroxylation is 1. The van der Waals surface area contributed by atoms with Crippen LogP contribution in [0, 0.1) is 6.92 Å². The van der Waals surface area contributed by atoms with Gasteiger partial charge in [-0.2, -0.15) is 0 Å². The molecule has 0 saturated heterocycles. The first-order valence-electron chi connectivity index (χ1n) is 5.80. The van der Waals surface area contributed by atoms with Crippen molar-refractivity contribution in [1.29, 1.82) is 0 Å². The van der Waals surface area contributed by atoms with Gasteiger partial charge in [-0.25, -0.2) is 0 Å². The number of aromatic nitrogens is 1. The van der Waals surface area contributed by atoms with Crippen molar-refractivity contribution in [2.24, 2.45) is 0 Å². The number of para-hydroxylation sites is 1. The second-order valence-electron chi connectivity index (χ2n) is 4.42. The molecule has 0 saturated carbocycles. The molecule has 2 aromatic rings. The van der Waals surface area contributed by atoms with Crippen molar-refractivity contribution >= 4 is 0 Å². The molecule has 0 bridgehead atoms. The molecule has 1 aromatic carbocycles. The highest BCUT2D eigenvalue weighted by atomic mass is 16.5. The van der Waals surface area contributed by atoms with Gasteiger partial charge in [-0.1, -0.05) is 37.2 Å². The van der Waals surface area contributed by atoms with Crippen molar-refractivity contribution < 1.29 is 9.26 Å². The molecule has 1 heterocycles. The minimum atomic E-state index is 0.421. The highest BCUT2D eigenvalue weighted by molar-refractivity contribution is 5.35. The second kappa shape index (κ2) is 5.04. The van der Waals surface area contributed by atoms with E-state index in [1.165, 1.54) is 5.56 Å². The van der Waals surface area contributed by atoms with Crippen molar-refractivity contribution in [2.75, 3.05) is 0 Å². The Morgan fingerprint density at radius 1 is 1.29 bits per heavy atom. The number of nitrogens with zero attached hydrogens (tertiary/aromatic N) is 1. The zero-order valence-corrected chi connectivity index (χ0v) is 10.4. The van der Waals surface area contributed by atoms with Crippen LogP contribution in [-0.4, -0.2) is 5.16 Å². The Labute approximate surface area is 101 Å². The summed E-state index contributed by atoms with van der Waals surface area (Å²) in [6.45, 7) is 6.63. The Kier molecular flexibility index (Phi) is 3.47. The van der Waals surface area contributed by atoms with Gasteiger partial charge < -0.3 is 9.26 Å². The zero-order valence-electron chi connectivity index (χ0n) is 10.4. The van der Waals surface area contributed by atoms with Crippen molar-refractivity contribution in [3.63, 3.8) is 0 Å². The Morgan fingerprint density at radius 3 is 2.71 bits per heavy atom. The molecular weight excluding hydrogens is 214 g/mol. The Bertz CT molecular complexity index is 488. The maximum atomic E-state index is 5.76. The van der Waals surface area contributed by atoms with E-state index in [0.29, 0.717) is 12.5 Å². The smallest absolute Gasteiger partial charge is 0.174 e. The number of benzene rings is 1. The number of ether oxygens (including phenoxy) is 1. The van der Waals surface area contributed by atoms with Crippen molar-refractivity contribution in [3.8, 4) is 5.75 Å². The van der Waals surface area contributed by atoms with E-state index in [4.69, 9.17) is 9.26 Å². The van der Waals surface area contributed by atoms with Crippen LogP contribution in [0.3, 0.4) is 0 Å². The molecule has 0 N–H and O–H groups in total. The van der Waals surface area contributed by atoms with Crippen LogP contribution in [0.2, 0.25) is 0 Å². The average molecular weight is 231 g/mol. The van der Waals surface area contributed by atoms with Crippen LogP contribution < -0.4 is 4.74 Å². The van der Waals surface area contributed by atoms with Crippen LogP contribution in [-0.2, 0) is 6.61 Å². The van der Waals surface area contributed by atoms with E-state index in [2.05, 4.69) is 25.1 Å². The summed E-state index contributed by atoms with van der Waals surface area (Å²) in [5, 5.41) is 3.83. The first-order valence-corrected chi connectivity index (χ1v) is 5.80. The predicted octanol–water partition coefficient (Wildman–Crippen LogP) is 3.69. The fourth-order valence-corrected chi connectivity index (χ4v) is 1.72. The van der Waals surface area contributed by atoms with Gasteiger partial charge in [0.15, 0.2) is 5.76 Å². The highest BCUT2D eigenvalue weighted by Gasteiger charge is 2.08. The lowest BCUT2D eigenvalue weighted by molar-refractivity contribution is 0.246. The summed E-state index contributed by atoms with van der Waals surface area (Å²) in [4.78, 5) is 0. The third kappa shape index (κ3) is 2.87. The zero-order chi connectivity index (χ0) is 12.3. The summed E-state index contributed by atoms with van der Waals surface area (Å²) < 4.78 is 10.9. The predicted molar refractivity (Wildman–Crippen MR) is 66.1 cm³/mol. The van der Waals surface area contributed by atoms with Gasteiger partial charge in [0, 0.05) is 6.07 Å². The molecule has 0 aliphatic heterocycles. The van der Waals surface area contributed by atoms with Crippen molar-refractivity contribution in [2.45, 2.75) is 33.3 Å². The third-order valence-electron chi connectivity index (χ3n) is 2.59. The van der Waals surface area contributed by atoms with Gasteiger partial charge in [-0.15, -0.1) is 0 Å². The summed E-state index contributed by atoms with van der Waals surface area (Å²) in [5.41, 5.74) is 2.09. The standard InChI is InChI=1S/C14H17NO2/c1-10(2)13-6-4-5-7-14(13)16-9-12-8-11(3)15-17-12/h4-8,10H,9H2,1-3H3. The van der Waals surface area contributed by atoms with Crippen LogP contribution in [0.1, 0.15) is 36.8 Å². The van der Waals surface area contributed by atoms with Crippen LogP contribution in [0.4, 0.5) is 0 Å². The van der Waals surface area contributed by atoms with E-state index < -0.39 is 0 Å². The molecule has 1 aromatic heterocycles. The molecule has 3 nitrogen and oxygen atoms in total. The molecule has 0 unspecified atom stereocenters. The van der Waals surface area contributed by atoms with Gasteiger partial charge in [-0.05, 0) is 24.5 Å². The van der Waals surface area contributed by atoms with Crippen LogP contribution in [0.15, 0.2) is 34.9 Å². The maximum absolute atomic E-state index is 5.76. The van der Waals surface area contributed by atoms with E-state index in [9.17, 15) is 0 Å². The average Bonchev–Trinajstić information content (AvgIpc) is 2.73. The van der Waals surface area contributed by atoms with E-state index in [0.717, 1.165) is 17.2 Å². The van der Waals surface area contributed by atoms with E-state index in [-0.39, 0.29) is 0 Å². The summed E-state index contributed by atoms with van der Waals surface area (Å²) in [6, 6.07) is 9.97. The molecule has 0 atom stereocenters. The lowest BCUT2D eigenvalue weighted by Crippen LogP contribution is -1.98. The molecule has 3 heteroatoms. The largest absolute Gasteiger partial charge is 0.485 e. The first-order chi connectivity index (χ1) is 8.16. The Balaban J connectivity index is 2.08. The van der Waals surface area contributed by atoms with Crippen LogP contribution in [0.5, 0.6) is 5.75 Å². The molecule has 0 amide bonds. The maximum Gasteiger partial charge on any atom is 0.174 e. The first kappa shape index (κ1) is 11.7. The molecule has 17 heavy (non-hydrogen) atoms. The van der Waals surface area contributed by atoms with Gasteiger partial charge in [0.2, 0.25) is 0 Å². The van der Waals surface area contributed by atoms with Gasteiger partial charge in [-0.3, -0.25) is 0 Å². The lowest BCUT2D eigenvalue weighted by atomic mass is 10.0. The van der Waals surface area contributed by atoms with Gasteiger partial charge in [0.25, 0.3) is 0 Å². The number of hydrogen-bond acceptors (Lipinski definition) is 3. The number of hydrogen-bond donors (Lipinski definition) is 0. The summed E-state index contributed by atoms with van der Waals surface area (Å²) in [6.07, 6.45) is 0. The van der Waals surface area contributed by atoms with E-state index >= 15 is 0 Å². The summed E-state index contributed by atoms with van der Waals surface area (Å²) in [7, 11) is 0. The number of rotatable bonds is 4. The molecule has 0 aliphatic rings. The van der Waals surface area contributed by atoms with Crippen molar-refractivity contribution in [1.82, 2.24) is 5.16 Å². The molecule has 0 fully saturated rings. The van der Waals surface area contributed by atoms with E-state index in [1.54, 1.807) is 0 Å². The Hall–Kier alpha value is -1.77. The van der Waals surface area contributed by atoms with Crippen LogP contribution >= 0.6 is 0 Å². The van der Waals surface area contributed by atoms with Crippen LogP contribution in [0.25, 0.3) is 0 Å². The Morgan fingerprint density at radius 2 is 2.06 bits per heavy atom. The second-order valence-corrected chi connectivity index (χ2v) is 4.42. The molecular formula is C14H17NO2. The third-order valence-corrected chi connectivity index (χ3v) is 2.59. The normalized spacial score (nSPS) is 10.8. The minimum absolute atomic E-state index is 0.421. The molecule has 0 radical (unpaired) electrons. The molecule has 90 valence electrons. The SMILES string of the molecule is Cc1cc(COc2ccccc2C(C)C)on1. The summed E-state index contributed by atoms with van der Waals surface area (Å²) in [5.74, 6) is 2.11. The van der Waals surface area contributed by atoms with Gasteiger partial charge in [0.1, 0.15) is 12.4 Å². The molecule has 0 aliphatic carbocycles. The van der Waals surface area contributed by atoms with Crippen molar-refractivity contribution in [3.05, 3.63) is 47.3 Å². The quantitative estimate of drug-likeness (QED) is 0.805.